The first kappa shape index (κ1) is 11.7. The van der Waals surface area contributed by atoms with Crippen molar-refractivity contribution in [3.63, 3.8) is 0 Å². The van der Waals surface area contributed by atoms with Crippen LogP contribution in [0.3, 0.4) is 0 Å². The Morgan fingerprint density at radius 2 is 2.08 bits per heavy atom. The van der Waals surface area contributed by atoms with E-state index in [1.165, 1.54) is 24.8 Å². The summed E-state index contributed by atoms with van der Waals surface area (Å²) in [5.74, 6) is 0. The summed E-state index contributed by atoms with van der Waals surface area (Å²) < 4.78 is 5.36. The molecule has 12 heavy (non-hydrogen) atoms. The zero-order chi connectivity index (χ0) is 9.40. The van der Waals surface area contributed by atoms with E-state index in [1.807, 2.05) is 0 Å². The van der Waals surface area contributed by atoms with Crippen molar-refractivity contribution in [3.8, 4) is 0 Å². The summed E-state index contributed by atoms with van der Waals surface area (Å²) in [4.78, 5) is 0. The van der Waals surface area contributed by atoms with E-state index >= 15 is 0 Å². The molecule has 0 rings (SSSR count). The summed E-state index contributed by atoms with van der Waals surface area (Å²) in [5.41, 5.74) is 1.38. The first-order valence-corrected chi connectivity index (χ1v) is 4.86. The van der Waals surface area contributed by atoms with Crippen LogP contribution < -0.4 is 0 Å². The molecule has 0 amide bonds. The molecule has 0 aromatic carbocycles. The Kier molecular flexibility index (Phi) is 7.17. The van der Waals surface area contributed by atoms with Gasteiger partial charge in [0.1, 0.15) is 0 Å². The third-order valence-corrected chi connectivity index (χ3v) is 2.00. The Hall–Kier alpha value is -0.300. The van der Waals surface area contributed by atoms with Gasteiger partial charge in [-0.3, -0.25) is 0 Å². The van der Waals surface area contributed by atoms with Gasteiger partial charge in [-0.25, -0.2) is 0 Å². The van der Waals surface area contributed by atoms with Crippen LogP contribution in [0.1, 0.15) is 46.5 Å². The Morgan fingerprint density at radius 3 is 2.50 bits per heavy atom. The van der Waals surface area contributed by atoms with Crippen LogP contribution in [0.5, 0.6) is 0 Å². The topological polar surface area (TPSA) is 9.23 Å². The van der Waals surface area contributed by atoms with Gasteiger partial charge in [-0.05, 0) is 26.7 Å². The largest absolute Gasteiger partial charge is 0.381 e. The van der Waals surface area contributed by atoms with E-state index in [0.29, 0.717) is 6.10 Å². The Bertz CT molecular complexity index is 123. The molecule has 0 N–H and O–H groups in total. The van der Waals surface area contributed by atoms with Gasteiger partial charge in [0.15, 0.2) is 0 Å². The molecular weight excluding hydrogens is 148 g/mol. The molecule has 1 heteroatoms. The highest BCUT2D eigenvalue weighted by Gasteiger charge is 2.03. The minimum absolute atomic E-state index is 0.430. The zero-order valence-corrected chi connectivity index (χ0v) is 8.89. The molecule has 0 saturated heterocycles. The van der Waals surface area contributed by atoms with Gasteiger partial charge in [-0.2, -0.15) is 0 Å². The number of ether oxygens (including phenoxy) is 1. The van der Waals surface area contributed by atoms with Crippen LogP contribution in [0.25, 0.3) is 0 Å². The van der Waals surface area contributed by atoms with E-state index < -0.39 is 0 Å². The molecule has 0 aromatic heterocycles. The van der Waals surface area contributed by atoms with Crippen LogP contribution in [0.15, 0.2) is 11.6 Å². The van der Waals surface area contributed by atoms with Crippen molar-refractivity contribution in [2.45, 2.75) is 52.6 Å². The lowest BCUT2D eigenvalue weighted by Crippen LogP contribution is -2.08. The van der Waals surface area contributed by atoms with E-state index in [9.17, 15) is 0 Å². The van der Waals surface area contributed by atoms with Gasteiger partial charge in [-0.1, -0.05) is 31.4 Å². The fourth-order valence-electron chi connectivity index (χ4n) is 1.13. The van der Waals surface area contributed by atoms with E-state index in [0.717, 1.165) is 6.42 Å². The summed E-state index contributed by atoms with van der Waals surface area (Å²) >= 11 is 0. The lowest BCUT2D eigenvalue weighted by Gasteiger charge is -2.12. The molecule has 0 saturated carbocycles. The molecule has 0 aliphatic heterocycles. The van der Waals surface area contributed by atoms with Crippen LogP contribution in [0, 0.1) is 0 Å². The lowest BCUT2D eigenvalue weighted by molar-refractivity contribution is 0.0956. The quantitative estimate of drug-likeness (QED) is 0.554. The van der Waals surface area contributed by atoms with Gasteiger partial charge >= 0.3 is 0 Å². The number of rotatable bonds is 6. The summed E-state index contributed by atoms with van der Waals surface area (Å²) in [5, 5.41) is 0. The molecular formula is C11H22O. The minimum Gasteiger partial charge on any atom is -0.381 e. The maximum Gasteiger partial charge on any atom is 0.0605 e. The normalized spacial score (nSPS) is 12.7. The fourth-order valence-corrected chi connectivity index (χ4v) is 1.13. The van der Waals surface area contributed by atoms with Gasteiger partial charge in [0.05, 0.1) is 6.10 Å². The summed E-state index contributed by atoms with van der Waals surface area (Å²) in [6, 6.07) is 0. The van der Waals surface area contributed by atoms with E-state index in [4.69, 9.17) is 4.74 Å². The number of methoxy groups -OCH3 is 1. The van der Waals surface area contributed by atoms with Crippen molar-refractivity contribution < 1.29 is 4.74 Å². The molecule has 1 atom stereocenters. The molecule has 0 aliphatic carbocycles. The highest BCUT2D eigenvalue weighted by Crippen LogP contribution is 2.09. The van der Waals surface area contributed by atoms with E-state index in [-0.39, 0.29) is 0 Å². The van der Waals surface area contributed by atoms with Crippen LogP contribution in [-0.4, -0.2) is 13.2 Å². The van der Waals surface area contributed by atoms with Crippen LogP contribution in [0.4, 0.5) is 0 Å². The monoisotopic (exact) mass is 170 g/mol. The van der Waals surface area contributed by atoms with Crippen molar-refractivity contribution in [1.29, 1.82) is 0 Å². The molecule has 0 aromatic rings. The predicted molar refractivity (Wildman–Crippen MR) is 54.4 cm³/mol. The highest BCUT2D eigenvalue weighted by atomic mass is 16.5. The molecule has 0 aliphatic rings. The van der Waals surface area contributed by atoms with Crippen molar-refractivity contribution in [2.24, 2.45) is 0 Å². The van der Waals surface area contributed by atoms with Gasteiger partial charge in [-0.15, -0.1) is 0 Å². The Balaban J connectivity index is 3.60. The first-order chi connectivity index (χ1) is 5.70. The molecule has 0 radical (unpaired) electrons. The van der Waals surface area contributed by atoms with Crippen LogP contribution in [-0.2, 0) is 4.74 Å². The first-order valence-electron chi connectivity index (χ1n) is 4.86. The minimum atomic E-state index is 0.430. The predicted octanol–water partition coefficient (Wildman–Crippen LogP) is 3.55. The van der Waals surface area contributed by atoms with E-state index in [2.05, 4.69) is 26.8 Å². The summed E-state index contributed by atoms with van der Waals surface area (Å²) in [7, 11) is 1.80. The van der Waals surface area contributed by atoms with Gasteiger partial charge < -0.3 is 4.74 Å². The van der Waals surface area contributed by atoms with Crippen LogP contribution in [0.2, 0.25) is 0 Å². The molecule has 1 unspecified atom stereocenters. The summed E-state index contributed by atoms with van der Waals surface area (Å²) in [6.07, 6.45) is 7.48. The van der Waals surface area contributed by atoms with Crippen molar-refractivity contribution in [3.05, 3.63) is 11.6 Å². The van der Waals surface area contributed by atoms with E-state index in [1.54, 1.807) is 7.11 Å². The summed E-state index contributed by atoms with van der Waals surface area (Å²) in [6.45, 7) is 6.48. The van der Waals surface area contributed by atoms with Gasteiger partial charge in [0.2, 0.25) is 0 Å². The third kappa shape index (κ3) is 6.41. The van der Waals surface area contributed by atoms with Crippen LogP contribution >= 0.6 is 0 Å². The fraction of sp³-hybridized carbons (Fsp3) is 0.818. The molecule has 0 spiro atoms. The van der Waals surface area contributed by atoms with Gasteiger partial charge in [0, 0.05) is 7.11 Å². The number of allylic oxidation sites excluding steroid dienone is 1. The van der Waals surface area contributed by atoms with Crippen molar-refractivity contribution >= 4 is 0 Å². The molecule has 0 heterocycles. The Labute approximate surface area is 76.8 Å². The maximum absolute atomic E-state index is 5.36. The molecule has 0 fully saturated rings. The number of hydrogen-bond acceptors (Lipinski definition) is 1. The third-order valence-electron chi connectivity index (χ3n) is 2.00. The number of hydrogen-bond donors (Lipinski definition) is 0. The SMILES string of the molecule is CCCCC(CC=C(C)C)OC. The lowest BCUT2D eigenvalue weighted by atomic mass is 10.1. The number of unbranched alkanes of at least 4 members (excludes halogenated alkanes) is 1. The second-order valence-corrected chi connectivity index (χ2v) is 3.52. The van der Waals surface area contributed by atoms with Crippen molar-refractivity contribution in [1.82, 2.24) is 0 Å². The zero-order valence-electron chi connectivity index (χ0n) is 8.89. The maximum atomic E-state index is 5.36. The molecule has 0 bridgehead atoms. The molecule has 1 nitrogen and oxygen atoms in total. The Morgan fingerprint density at radius 1 is 1.42 bits per heavy atom. The second-order valence-electron chi connectivity index (χ2n) is 3.52. The average Bonchev–Trinajstić information content (AvgIpc) is 2.05. The second kappa shape index (κ2) is 7.35. The highest BCUT2D eigenvalue weighted by molar-refractivity contribution is 4.94. The average molecular weight is 170 g/mol. The standard InChI is InChI=1S/C11H22O/c1-5-6-7-11(12-4)9-8-10(2)3/h8,11H,5-7,9H2,1-4H3. The van der Waals surface area contributed by atoms with Gasteiger partial charge in [0.25, 0.3) is 0 Å². The molecule has 72 valence electrons. The van der Waals surface area contributed by atoms with Crippen molar-refractivity contribution in [2.75, 3.05) is 7.11 Å². The smallest absolute Gasteiger partial charge is 0.0605 e.